The summed E-state index contributed by atoms with van der Waals surface area (Å²) in [5.41, 5.74) is 1.15. The van der Waals surface area contributed by atoms with Gasteiger partial charge < -0.3 is 20.1 Å². The molecule has 9 nitrogen and oxygen atoms in total. The lowest BCUT2D eigenvalue weighted by molar-refractivity contribution is 0.0520. The van der Waals surface area contributed by atoms with Crippen LogP contribution in [0, 0.1) is 0 Å². The standard InChI is InChI=1S/C29H38ClN3O6S/c1-39-27-15-12-21(30)18-26(27)28(35)31-17-16-20-10-13-25(14-11-20)40(37,38)32-29(36)33(22-6-3-2-4-7-22)23-8-5-9-24(34)19-23/h10-15,18,22-24,34H,2-9,16-17,19H2,1H3,(H,31,35)(H,32,36)/t23-,24+/m1/s1. The fourth-order valence-electron chi connectivity index (χ4n) is 5.72. The Hall–Kier alpha value is -2.82. The molecule has 2 fully saturated rings. The molecule has 2 aliphatic rings. The van der Waals surface area contributed by atoms with Crippen LogP contribution in [0.2, 0.25) is 5.02 Å². The minimum atomic E-state index is -4.09. The van der Waals surface area contributed by atoms with Crippen LogP contribution in [0.3, 0.4) is 0 Å². The summed E-state index contributed by atoms with van der Waals surface area (Å²) in [5.74, 6) is 0.0921. The summed E-state index contributed by atoms with van der Waals surface area (Å²) in [5, 5.41) is 13.5. The second kappa shape index (κ2) is 13.7. The van der Waals surface area contributed by atoms with Crippen LogP contribution in [0.1, 0.15) is 73.7 Å². The van der Waals surface area contributed by atoms with E-state index in [1.54, 1.807) is 29.2 Å². The number of amides is 3. The van der Waals surface area contributed by atoms with E-state index in [1.807, 2.05) is 0 Å². The lowest BCUT2D eigenvalue weighted by Gasteiger charge is -2.42. The summed E-state index contributed by atoms with van der Waals surface area (Å²) < 4.78 is 33.8. The zero-order valence-corrected chi connectivity index (χ0v) is 24.3. The van der Waals surface area contributed by atoms with Gasteiger partial charge in [0.25, 0.3) is 15.9 Å². The third-order valence-electron chi connectivity index (χ3n) is 7.78. The highest BCUT2D eigenvalue weighted by atomic mass is 35.5. The van der Waals surface area contributed by atoms with Crippen molar-refractivity contribution in [2.45, 2.75) is 87.3 Å². The highest BCUT2D eigenvalue weighted by Gasteiger charge is 2.36. The summed E-state index contributed by atoms with van der Waals surface area (Å²) >= 11 is 6.01. The van der Waals surface area contributed by atoms with Gasteiger partial charge in [0.1, 0.15) is 5.75 Å². The van der Waals surface area contributed by atoms with Crippen molar-refractivity contribution in [3.63, 3.8) is 0 Å². The summed E-state index contributed by atoms with van der Waals surface area (Å²) in [4.78, 5) is 27.6. The molecule has 0 saturated heterocycles. The first-order valence-electron chi connectivity index (χ1n) is 13.9. The monoisotopic (exact) mass is 591 g/mol. The minimum Gasteiger partial charge on any atom is -0.496 e. The zero-order chi connectivity index (χ0) is 28.7. The molecule has 0 unspecified atom stereocenters. The Morgan fingerprint density at radius 2 is 1.70 bits per heavy atom. The second-order valence-corrected chi connectivity index (χ2v) is 12.7. The van der Waals surface area contributed by atoms with Crippen molar-refractivity contribution in [2.75, 3.05) is 13.7 Å². The van der Waals surface area contributed by atoms with E-state index in [0.29, 0.717) is 42.1 Å². The molecule has 0 aromatic heterocycles. The van der Waals surface area contributed by atoms with Gasteiger partial charge in [-0.3, -0.25) is 4.79 Å². The Balaban J connectivity index is 1.37. The highest BCUT2D eigenvalue weighted by Crippen LogP contribution is 2.31. The van der Waals surface area contributed by atoms with Crippen LogP contribution in [0.25, 0.3) is 0 Å². The van der Waals surface area contributed by atoms with Gasteiger partial charge in [0.15, 0.2) is 0 Å². The Kier molecular flexibility index (Phi) is 10.3. The number of rotatable bonds is 9. The number of aliphatic hydroxyl groups excluding tert-OH is 1. The molecule has 0 aliphatic heterocycles. The molecule has 4 rings (SSSR count). The number of aliphatic hydroxyl groups is 1. The molecule has 218 valence electrons. The molecular weight excluding hydrogens is 554 g/mol. The molecular formula is C29H38ClN3O6S. The highest BCUT2D eigenvalue weighted by molar-refractivity contribution is 7.90. The fourth-order valence-corrected chi connectivity index (χ4v) is 6.84. The molecule has 0 radical (unpaired) electrons. The van der Waals surface area contributed by atoms with Crippen molar-refractivity contribution in [2.24, 2.45) is 0 Å². The van der Waals surface area contributed by atoms with Gasteiger partial charge in [-0.2, -0.15) is 0 Å². The lowest BCUT2D eigenvalue weighted by Crippen LogP contribution is -2.54. The smallest absolute Gasteiger partial charge is 0.331 e. The predicted octanol–water partition coefficient (Wildman–Crippen LogP) is 4.66. The van der Waals surface area contributed by atoms with Crippen molar-refractivity contribution < 1.29 is 27.9 Å². The summed E-state index contributed by atoms with van der Waals surface area (Å²) in [7, 11) is -2.62. The molecule has 3 N–H and O–H groups in total. The summed E-state index contributed by atoms with van der Waals surface area (Å²) in [6.07, 6.45) is 7.56. The maximum atomic E-state index is 13.4. The molecule has 11 heteroatoms. The minimum absolute atomic E-state index is 0.00966. The third-order valence-corrected chi connectivity index (χ3v) is 9.35. The van der Waals surface area contributed by atoms with Crippen LogP contribution in [0.15, 0.2) is 47.4 Å². The number of hydrogen-bond acceptors (Lipinski definition) is 6. The Morgan fingerprint density at radius 1 is 1.00 bits per heavy atom. The molecule has 0 heterocycles. The molecule has 2 aromatic carbocycles. The fraction of sp³-hybridized carbons (Fsp3) is 0.517. The predicted molar refractivity (Wildman–Crippen MR) is 153 cm³/mol. The maximum Gasteiger partial charge on any atom is 0.331 e. The number of hydrogen-bond donors (Lipinski definition) is 3. The molecule has 0 spiro atoms. The van der Waals surface area contributed by atoms with Crippen LogP contribution in [0.5, 0.6) is 5.75 Å². The largest absolute Gasteiger partial charge is 0.496 e. The van der Waals surface area contributed by atoms with Crippen LogP contribution in [-0.4, -0.2) is 62.2 Å². The van der Waals surface area contributed by atoms with Gasteiger partial charge in [-0.25, -0.2) is 17.9 Å². The second-order valence-electron chi connectivity index (χ2n) is 10.6. The SMILES string of the molecule is COc1ccc(Cl)cc1C(=O)NCCc1ccc(S(=O)(=O)NC(=O)N(C2CCCCC2)[C@@H]2CCC[C@H](O)C2)cc1. The van der Waals surface area contributed by atoms with Crippen molar-refractivity contribution in [3.8, 4) is 5.75 Å². The number of nitrogens with zero attached hydrogens (tertiary/aromatic N) is 1. The molecule has 0 bridgehead atoms. The van der Waals surface area contributed by atoms with Gasteiger partial charge in [0, 0.05) is 23.7 Å². The average Bonchev–Trinajstić information content (AvgIpc) is 2.94. The number of benzene rings is 2. The molecule has 2 saturated carbocycles. The van der Waals surface area contributed by atoms with Crippen LogP contribution in [0.4, 0.5) is 4.79 Å². The summed E-state index contributed by atoms with van der Waals surface area (Å²) in [6.45, 7) is 0.320. The van der Waals surface area contributed by atoms with E-state index in [1.165, 1.54) is 25.3 Å². The molecule has 40 heavy (non-hydrogen) atoms. The molecule has 3 amide bonds. The van der Waals surface area contributed by atoms with E-state index in [0.717, 1.165) is 50.5 Å². The number of halogens is 1. The van der Waals surface area contributed by atoms with Crippen LogP contribution in [-0.2, 0) is 16.4 Å². The van der Waals surface area contributed by atoms with E-state index >= 15 is 0 Å². The van der Waals surface area contributed by atoms with Crippen LogP contribution >= 0.6 is 11.6 Å². The van der Waals surface area contributed by atoms with E-state index in [4.69, 9.17) is 16.3 Å². The Labute approximate surface area is 241 Å². The zero-order valence-electron chi connectivity index (χ0n) is 22.8. The van der Waals surface area contributed by atoms with Crippen molar-refractivity contribution >= 4 is 33.6 Å². The van der Waals surface area contributed by atoms with Crippen molar-refractivity contribution in [1.29, 1.82) is 0 Å². The first-order chi connectivity index (χ1) is 19.2. The lowest BCUT2D eigenvalue weighted by atomic mass is 9.88. The normalized spacial score (nSPS) is 20.0. The first-order valence-corrected chi connectivity index (χ1v) is 15.8. The number of ether oxygens (including phenoxy) is 1. The average molecular weight is 592 g/mol. The van der Waals surface area contributed by atoms with Gasteiger partial charge in [0.2, 0.25) is 0 Å². The molecule has 2 aromatic rings. The maximum absolute atomic E-state index is 13.4. The van der Waals surface area contributed by atoms with Gasteiger partial charge in [-0.15, -0.1) is 0 Å². The van der Waals surface area contributed by atoms with Gasteiger partial charge in [-0.1, -0.05) is 43.0 Å². The van der Waals surface area contributed by atoms with Gasteiger partial charge >= 0.3 is 6.03 Å². The van der Waals surface area contributed by atoms with Crippen LogP contribution < -0.4 is 14.8 Å². The van der Waals surface area contributed by atoms with E-state index in [-0.39, 0.29) is 22.9 Å². The molecule has 2 atom stereocenters. The van der Waals surface area contributed by atoms with E-state index < -0.39 is 22.2 Å². The van der Waals surface area contributed by atoms with E-state index in [9.17, 15) is 23.1 Å². The Bertz CT molecular complexity index is 1280. The number of carbonyl (C=O) groups is 2. The molecule has 2 aliphatic carbocycles. The van der Waals surface area contributed by atoms with Gasteiger partial charge in [0.05, 0.1) is 23.7 Å². The summed E-state index contributed by atoms with van der Waals surface area (Å²) in [6, 6.07) is 10.2. The Morgan fingerprint density at radius 3 is 2.38 bits per heavy atom. The van der Waals surface area contributed by atoms with Crippen molar-refractivity contribution in [1.82, 2.24) is 14.9 Å². The first kappa shape index (κ1) is 30.1. The number of nitrogens with one attached hydrogen (secondary N) is 2. The topological polar surface area (TPSA) is 125 Å². The number of methoxy groups -OCH3 is 1. The number of urea groups is 1. The van der Waals surface area contributed by atoms with Crippen molar-refractivity contribution in [3.05, 3.63) is 58.6 Å². The van der Waals surface area contributed by atoms with Gasteiger partial charge in [-0.05, 0) is 80.8 Å². The quantitative estimate of drug-likeness (QED) is 0.390. The van der Waals surface area contributed by atoms with E-state index in [2.05, 4.69) is 10.0 Å². The number of sulfonamides is 1. The third kappa shape index (κ3) is 7.67. The number of carbonyl (C=O) groups excluding carboxylic acids is 2.